The number of nitrogens with zero attached hydrogens (tertiary/aromatic N) is 2. The summed E-state index contributed by atoms with van der Waals surface area (Å²) in [6, 6.07) is 12.5. The maximum atomic E-state index is 13.4. The SMILES string of the molecule is CC(=O)c1cccc(NC(=O)N[C@@H](CC(=O)N2CCCC(Cc3ccc(F)cc3)C2)CN(C)C(C)(C)C)c1. The molecule has 1 aliphatic rings. The summed E-state index contributed by atoms with van der Waals surface area (Å²) in [7, 11) is 1.98. The minimum atomic E-state index is -0.418. The summed E-state index contributed by atoms with van der Waals surface area (Å²) in [5.74, 6) is 0.00539. The largest absolute Gasteiger partial charge is 0.342 e. The highest BCUT2D eigenvalue weighted by Crippen LogP contribution is 2.22. The van der Waals surface area contributed by atoms with Gasteiger partial charge in [-0.15, -0.1) is 0 Å². The number of likely N-dealkylation sites (N-methyl/N-ethyl adjacent to an activating group) is 1. The molecular formula is C30H41FN4O3. The number of urea groups is 1. The molecule has 0 radical (unpaired) electrons. The van der Waals surface area contributed by atoms with Gasteiger partial charge in [0.25, 0.3) is 0 Å². The molecule has 2 aromatic rings. The van der Waals surface area contributed by atoms with Crippen molar-refractivity contribution in [2.24, 2.45) is 5.92 Å². The van der Waals surface area contributed by atoms with E-state index in [1.54, 1.807) is 24.3 Å². The molecule has 2 aromatic carbocycles. The third kappa shape index (κ3) is 8.94. The van der Waals surface area contributed by atoms with Crippen LogP contribution in [0.15, 0.2) is 48.5 Å². The summed E-state index contributed by atoms with van der Waals surface area (Å²) in [4.78, 5) is 42.0. The van der Waals surface area contributed by atoms with Gasteiger partial charge in [-0.05, 0) is 89.8 Å². The average molecular weight is 525 g/mol. The van der Waals surface area contributed by atoms with Crippen molar-refractivity contribution in [1.29, 1.82) is 0 Å². The summed E-state index contributed by atoms with van der Waals surface area (Å²) < 4.78 is 13.3. The van der Waals surface area contributed by atoms with Crippen LogP contribution < -0.4 is 10.6 Å². The third-order valence-corrected chi connectivity index (χ3v) is 7.23. The Morgan fingerprint density at radius 3 is 2.50 bits per heavy atom. The van der Waals surface area contributed by atoms with Crippen molar-refractivity contribution in [2.45, 2.75) is 65.0 Å². The molecule has 1 fully saturated rings. The molecule has 38 heavy (non-hydrogen) atoms. The molecule has 1 heterocycles. The number of likely N-dealkylation sites (tertiary alicyclic amines) is 1. The number of amides is 3. The number of rotatable bonds is 9. The van der Waals surface area contributed by atoms with Crippen molar-refractivity contribution >= 4 is 23.4 Å². The number of benzene rings is 2. The molecule has 0 bridgehead atoms. The first kappa shape index (κ1) is 29.3. The molecule has 3 amide bonds. The Bertz CT molecular complexity index is 1110. The lowest BCUT2D eigenvalue weighted by Crippen LogP contribution is -2.51. The van der Waals surface area contributed by atoms with E-state index in [4.69, 9.17) is 0 Å². The molecule has 0 saturated carbocycles. The van der Waals surface area contributed by atoms with E-state index in [0.717, 1.165) is 24.8 Å². The Labute approximate surface area is 225 Å². The predicted molar refractivity (Wildman–Crippen MR) is 149 cm³/mol. The van der Waals surface area contributed by atoms with Crippen molar-refractivity contribution in [3.8, 4) is 0 Å². The molecule has 2 N–H and O–H groups in total. The van der Waals surface area contributed by atoms with Crippen LogP contribution in [-0.4, -0.2) is 65.8 Å². The summed E-state index contributed by atoms with van der Waals surface area (Å²) in [6.07, 6.45) is 2.94. The molecule has 1 saturated heterocycles. The molecule has 3 rings (SSSR count). The van der Waals surface area contributed by atoms with Crippen LogP contribution in [0.3, 0.4) is 0 Å². The first-order valence-electron chi connectivity index (χ1n) is 13.3. The lowest BCUT2D eigenvalue weighted by molar-refractivity contribution is -0.133. The van der Waals surface area contributed by atoms with E-state index in [0.29, 0.717) is 36.8 Å². The monoisotopic (exact) mass is 524 g/mol. The minimum Gasteiger partial charge on any atom is -0.342 e. The fourth-order valence-corrected chi connectivity index (χ4v) is 4.69. The number of hydrogen-bond donors (Lipinski definition) is 2. The number of hydrogen-bond acceptors (Lipinski definition) is 4. The maximum Gasteiger partial charge on any atom is 0.319 e. The van der Waals surface area contributed by atoms with Gasteiger partial charge in [-0.25, -0.2) is 9.18 Å². The van der Waals surface area contributed by atoms with Gasteiger partial charge in [-0.2, -0.15) is 0 Å². The van der Waals surface area contributed by atoms with Crippen LogP contribution >= 0.6 is 0 Å². The molecule has 0 aromatic heterocycles. The second-order valence-corrected chi connectivity index (χ2v) is 11.4. The first-order chi connectivity index (χ1) is 17.9. The van der Waals surface area contributed by atoms with Crippen molar-refractivity contribution in [1.82, 2.24) is 15.1 Å². The van der Waals surface area contributed by atoms with E-state index in [9.17, 15) is 18.8 Å². The van der Waals surface area contributed by atoms with Gasteiger partial charge in [0, 0.05) is 42.8 Å². The zero-order valence-corrected chi connectivity index (χ0v) is 23.2. The van der Waals surface area contributed by atoms with Crippen LogP contribution in [0.2, 0.25) is 0 Å². The van der Waals surface area contributed by atoms with E-state index in [-0.39, 0.29) is 29.5 Å². The van der Waals surface area contributed by atoms with Crippen molar-refractivity contribution < 1.29 is 18.8 Å². The van der Waals surface area contributed by atoms with Crippen LogP contribution in [0.25, 0.3) is 0 Å². The number of anilines is 1. The van der Waals surface area contributed by atoms with Crippen molar-refractivity contribution in [3.63, 3.8) is 0 Å². The van der Waals surface area contributed by atoms with Gasteiger partial charge in [0.1, 0.15) is 5.82 Å². The van der Waals surface area contributed by atoms with Crippen LogP contribution in [0.5, 0.6) is 0 Å². The molecule has 0 aliphatic carbocycles. The van der Waals surface area contributed by atoms with Crippen molar-refractivity contribution in [2.75, 3.05) is 32.0 Å². The van der Waals surface area contributed by atoms with Gasteiger partial charge in [-0.1, -0.05) is 24.3 Å². The number of halogens is 1. The van der Waals surface area contributed by atoms with E-state index < -0.39 is 12.1 Å². The van der Waals surface area contributed by atoms with Crippen LogP contribution in [0.4, 0.5) is 14.9 Å². The molecule has 2 atom stereocenters. The molecule has 8 heteroatoms. The molecule has 0 spiro atoms. The Morgan fingerprint density at radius 1 is 1.13 bits per heavy atom. The molecule has 1 aliphatic heterocycles. The second kappa shape index (κ2) is 13.0. The number of ketones is 1. The summed E-state index contributed by atoms with van der Waals surface area (Å²) in [6.45, 7) is 9.60. The van der Waals surface area contributed by atoms with Gasteiger partial charge in [0.2, 0.25) is 5.91 Å². The van der Waals surface area contributed by atoms with E-state index in [1.165, 1.54) is 19.1 Å². The zero-order valence-electron chi connectivity index (χ0n) is 23.2. The fourth-order valence-electron chi connectivity index (χ4n) is 4.69. The van der Waals surface area contributed by atoms with Gasteiger partial charge < -0.3 is 15.5 Å². The number of carbonyl (C=O) groups is 3. The van der Waals surface area contributed by atoms with Crippen LogP contribution in [0.1, 0.15) is 62.9 Å². The van der Waals surface area contributed by atoms with Gasteiger partial charge >= 0.3 is 6.03 Å². The standard InChI is InChI=1S/C30H41FN4O3/c1-21(36)24-9-6-10-26(17-24)32-29(38)33-27(20-34(5)30(2,3)4)18-28(37)35-15-7-8-23(19-35)16-22-11-13-25(31)14-12-22/h6,9-14,17,23,27H,7-8,15-16,18-20H2,1-5H3,(H2,32,33,38)/t23?,27-/m0/s1. The van der Waals surface area contributed by atoms with E-state index >= 15 is 0 Å². The molecular weight excluding hydrogens is 483 g/mol. The summed E-state index contributed by atoms with van der Waals surface area (Å²) in [5.41, 5.74) is 1.97. The summed E-state index contributed by atoms with van der Waals surface area (Å²) in [5, 5.41) is 5.78. The quantitative estimate of drug-likeness (QED) is 0.446. The lowest BCUT2D eigenvalue weighted by Gasteiger charge is -2.37. The number of Topliss-reactive ketones (excluding diaryl/α,β-unsaturated/α-hetero) is 1. The lowest BCUT2D eigenvalue weighted by atomic mass is 9.91. The van der Waals surface area contributed by atoms with Gasteiger partial charge in [0.15, 0.2) is 5.78 Å². The molecule has 206 valence electrons. The topological polar surface area (TPSA) is 81.8 Å². The Balaban J connectivity index is 1.64. The Hall–Kier alpha value is -3.26. The normalized spacial score (nSPS) is 16.7. The van der Waals surface area contributed by atoms with Crippen LogP contribution in [-0.2, 0) is 11.2 Å². The highest BCUT2D eigenvalue weighted by Gasteiger charge is 2.28. The minimum absolute atomic E-state index is 0.0139. The fraction of sp³-hybridized carbons (Fsp3) is 0.500. The van der Waals surface area contributed by atoms with Gasteiger partial charge in [0.05, 0.1) is 6.04 Å². The number of piperidine rings is 1. The smallest absolute Gasteiger partial charge is 0.319 e. The van der Waals surface area contributed by atoms with Crippen LogP contribution in [0, 0.1) is 11.7 Å². The zero-order chi connectivity index (χ0) is 27.9. The Kier molecular flexibility index (Phi) is 10.0. The highest BCUT2D eigenvalue weighted by molar-refractivity contribution is 5.96. The van der Waals surface area contributed by atoms with E-state index in [2.05, 4.69) is 36.3 Å². The second-order valence-electron chi connectivity index (χ2n) is 11.4. The van der Waals surface area contributed by atoms with Gasteiger partial charge in [-0.3, -0.25) is 14.5 Å². The Morgan fingerprint density at radius 2 is 1.84 bits per heavy atom. The highest BCUT2D eigenvalue weighted by atomic mass is 19.1. The van der Waals surface area contributed by atoms with Crippen molar-refractivity contribution in [3.05, 3.63) is 65.5 Å². The summed E-state index contributed by atoms with van der Waals surface area (Å²) >= 11 is 0. The maximum absolute atomic E-state index is 13.4. The molecule has 1 unspecified atom stereocenters. The average Bonchev–Trinajstić information content (AvgIpc) is 2.85. The van der Waals surface area contributed by atoms with E-state index in [1.807, 2.05) is 24.1 Å². The third-order valence-electron chi connectivity index (χ3n) is 7.23. The predicted octanol–water partition coefficient (Wildman–Crippen LogP) is 5.12. The first-order valence-corrected chi connectivity index (χ1v) is 13.3. The molecule has 7 nitrogen and oxygen atoms in total. The number of nitrogens with one attached hydrogen (secondary N) is 2. The number of carbonyl (C=O) groups excluding carboxylic acids is 3.